The maximum absolute atomic E-state index is 13.0. The molecule has 9 heteroatoms. The van der Waals surface area contributed by atoms with Gasteiger partial charge in [0, 0.05) is 6.42 Å². The summed E-state index contributed by atoms with van der Waals surface area (Å²) in [6.07, 6.45) is 56.7. The van der Waals surface area contributed by atoms with Gasteiger partial charge in [0.25, 0.3) is 0 Å². The fraction of sp³-hybridized carbons (Fsp3) is 0.611. The number of nitrogens with one attached hydrogen (secondary N) is 1. The quantitative estimate of drug-likeness (QED) is 0.0265. The summed E-state index contributed by atoms with van der Waals surface area (Å²) in [5.74, 6) is -0.255. The highest BCUT2D eigenvalue weighted by atomic mass is 16.7. The number of carbonyl (C=O) groups is 1. The number of allylic oxidation sites excluding steroid dienone is 19. The lowest BCUT2D eigenvalue weighted by Gasteiger charge is -2.40. The zero-order valence-corrected chi connectivity index (χ0v) is 39.0. The molecule has 1 amide bonds. The van der Waals surface area contributed by atoms with Crippen LogP contribution in [0, 0.1) is 0 Å². The Morgan fingerprint density at radius 2 is 1.00 bits per heavy atom. The molecule has 63 heavy (non-hydrogen) atoms. The maximum Gasteiger partial charge on any atom is 0.220 e. The van der Waals surface area contributed by atoms with Crippen LogP contribution in [0.3, 0.4) is 0 Å². The van der Waals surface area contributed by atoms with E-state index in [4.69, 9.17) is 9.47 Å². The highest BCUT2D eigenvalue weighted by Crippen LogP contribution is 2.22. The molecule has 0 aromatic heterocycles. The van der Waals surface area contributed by atoms with E-state index >= 15 is 0 Å². The molecule has 356 valence electrons. The molecule has 6 N–H and O–H groups in total. The predicted octanol–water partition coefficient (Wildman–Crippen LogP) is 10.8. The lowest BCUT2D eigenvalue weighted by Crippen LogP contribution is -2.60. The topological polar surface area (TPSA) is 149 Å². The average Bonchev–Trinajstić information content (AvgIpc) is 3.28. The Hall–Kier alpha value is -3.41. The lowest BCUT2D eigenvalue weighted by atomic mass is 9.99. The van der Waals surface area contributed by atoms with E-state index in [0.717, 1.165) is 77.0 Å². The maximum atomic E-state index is 13.0. The number of unbranched alkanes of at least 4 members (excludes halogenated alkanes) is 10. The van der Waals surface area contributed by atoms with E-state index in [0.29, 0.717) is 12.8 Å². The molecule has 1 heterocycles. The minimum Gasteiger partial charge on any atom is -0.394 e. The molecule has 1 fully saturated rings. The molecule has 0 aromatic rings. The van der Waals surface area contributed by atoms with E-state index in [-0.39, 0.29) is 18.9 Å². The highest BCUT2D eigenvalue weighted by molar-refractivity contribution is 5.76. The van der Waals surface area contributed by atoms with Crippen molar-refractivity contribution in [1.29, 1.82) is 0 Å². The summed E-state index contributed by atoms with van der Waals surface area (Å²) < 4.78 is 11.2. The molecular formula is C54H87NO8. The van der Waals surface area contributed by atoms with Crippen molar-refractivity contribution in [2.24, 2.45) is 0 Å². The minimum atomic E-state index is -1.59. The Morgan fingerprint density at radius 1 is 0.556 bits per heavy atom. The van der Waals surface area contributed by atoms with E-state index in [1.165, 1.54) is 44.9 Å². The molecule has 0 aliphatic carbocycles. The molecule has 7 unspecified atom stereocenters. The number of aliphatic hydroxyl groups is 5. The summed E-state index contributed by atoms with van der Waals surface area (Å²) in [4.78, 5) is 13.0. The predicted molar refractivity (Wildman–Crippen MR) is 262 cm³/mol. The number of amides is 1. The van der Waals surface area contributed by atoms with E-state index < -0.39 is 49.5 Å². The van der Waals surface area contributed by atoms with Gasteiger partial charge in [0.05, 0.1) is 25.4 Å². The van der Waals surface area contributed by atoms with Crippen LogP contribution in [0.5, 0.6) is 0 Å². The summed E-state index contributed by atoms with van der Waals surface area (Å²) in [5.41, 5.74) is 0. The highest BCUT2D eigenvalue weighted by Gasteiger charge is 2.44. The van der Waals surface area contributed by atoms with Crippen LogP contribution in [0.15, 0.2) is 122 Å². The molecule has 1 saturated heterocycles. The van der Waals surface area contributed by atoms with Gasteiger partial charge in [0.2, 0.25) is 5.91 Å². The fourth-order valence-electron chi connectivity index (χ4n) is 6.64. The first-order valence-corrected chi connectivity index (χ1v) is 24.3. The van der Waals surface area contributed by atoms with Gasteiger partial charge in [0.15, 0.2) is 6.29 Å². The summed E-state index contributed by atoms with van der Waals surface area (Å²) in [7, 11) is 0. The van der Waals surface area contributed by atoms with Crippen molar-refractivity contribution < 1.29 is 39.8 Å². The molecule has 9 nitrogen and oxygen atoms in total. The number of hydrogen-bond acceptors (Lipinski definition) is 8. The normalized spacial score (nSPS) is 21.3. The van der Waals surface area contributed by atoms with Crippen molar-refractivity contribution in [3.8, 4) is 0 Å². The number of hydrogen-bond donors (Lipinski definition) is 6. The van der Waals surface area contributed by atoms with Gasteiger partial charge in [-0.05, 0) is 96.3 Å². The van der Waals surface area contributed by atoms with Gasteiger partial charge in [-0.2, -0.15) is 0 Å². The van der Waals surface area contributed by atoms with Crippen LogP contribution in [0.1, 0.15) is 155 Å². The summed E-state index contributed by atoms with van der Waals surface area (Å²) in [5, 5.41) is 54.2. The largest absolute Gasteiger partial charge is 0.394 e. The Bertz CT molecular complexity index is 1390. The average molecular weight is 878 g/mol. The third-order valence-electron chi connectivity index (χ3n) is 10.5. The summed E-state index contributed by atoms with van der Waals surface area (Å²) in [6.45, 7) is 3.57. The van der Waals surface area contributed by atoms with Gasteiger partial charge >= 0.3 is 0 Å². The molecule has 0 bridgehead atoms. The van der Waals surface area contributed by atoms with Crippen LogP contribution >= 0.6 is 0 Å². The van der Waals surface area contributed by atoms with Gasteiger partial charge in [0.1, 0.15) is 24.4 Å². The zero-order valence-electron chi connectivity index (χ0n) is 39.0. The third kappa shape index (κ3) is 32.8. The standard InChI is InChI=1S/C54H87NO8/c1-3-5-7-9-11-13-15-17-19-21-22-23-24-25-26-28-30-32-34-36-38-40-42-44-50(58)55-47(46-62-54-53(61)52(60)51(59)49(45-56)63-54)48(57)43-41-39-37-35-33-31-29-27-20-18-16-14-12-10-8-6-4-2/h5,7,11,13,17,19-20,22-23,25-27,30,32-33,35-36,38,41,43,47-49,51-54,56-57,59-61H,3-4,6,8-10,12,14-16,18,21,24,28-29,31,34,37,39-40,42,44-46H2,1-2H3,(H,55,58)/b7-5-,13-11-,19-17-,23-22-,26-25-,27-20+,32-30-,35-33+,38-36-,43-41+. The molecule has 7 atom stereocenters. The van der Waals surface area contributed by atoms with Crippen molar-refractivity contribution in [2.75, 3.05) is 13.2 Å². The van der Waals surface area contributed by atoms with Crippen LogP contribution < -0.4 is 5.32 Å². The first-order chi connectivity index (χ1) is 30.8. The second-order valence-corrected chi connectivity index (χ2v) is 16.1. The van der Waals surface area contributed by atoms with Crippen molar-refractivity contribution in [3.63, 3.8) is 0 Å². The van der Waals surface area contributed by atoms with Crippen LogP contribution in [-0.2, 0) is 14.3 Å². The van der Waals surface area contributed by atoms with Gasteiger partial charge in [-0.1, -0.05) is 174 Å². The zero-order chi connectivity index (χ0) is 45.9. The summed E-state index contributed by atoms with van der Waals surface area (Å²) >= 11 is 0. The smallest absolute Gasteiger partial charge is 0.220 e. The molecular weight excluding hydrogens is 791 g/mol. The number of aliphatic hydroxyl groups excluding tert-OH is 5. The Balaban J connectivity index is 2.43. The van der Waals surface area contributed by atoms with Crippen LogP contribution in [0.2, 0.25) is 0 Å². The van der Waals surface area contributed by atoms with Crippen LogP contribution in [0.4, 0.5) is 0 Å². The van der Waals surface area contributed by atoms with Crippen molar-refractivity contribution >= 4 is 5.91 Å². The van der Waals surface area contributed by atoms with Crippen molar-refractivity contribution in [3.05, 3.63) is 122 Å². The number of rotatable bonds is 38. The molecule has 1 aliphatic rings. The fourth-order valence-corrected chi connectivity index (χ4v) is 6.64. The van der Waals surface area contributed by atoms with Crippen molar-refractivity contribution in [2.45, 2.75) is 198 Å². The van der Waals surface area contributed by atoms with Crippen molar-refractivity contribution in [1.82, 2.24) is 5.32 Å². The monoisotopic (exact) mass is 878 g/mol. The first-order valence-electron chi connectivity index (χ1n) is 24.3. The minimum absolute atomic E-state index is 0.238. The molecule has 1 rings (SSSR count). The number of carbonyl (C=O) groups excluding carboxylic acids is 1. The summed E-state index contributed by atoms with van der Waals surface area (Å²) in [6, 6.07) is -0.867. The van der Waals surface area contributed by atoms with Gasteiger partial charge < -0.3 is 40.3 Å². The van der Waals surface area contributed by atoms with E-state index in [1.807, 2.05) is 6.08 Å². The van der Waals surface area contributed by atoms with Gasteiger partial charge in [-0.3, -0.25) is 4.79 Å². The lowest BCUT2D eigenvalue weighted by molar-refractivity contribution is -0.302. The second kappa shape index (κ2) is 42.5. The molecule has 0 aromatic carbocycles. The van der Waals surface area contributed by atoms with Crippen LogP contribution in [-0.4, -0.2) is 87.5 Å². The first kappa shape index (κ1) is 57.6. The third-order valence-corrected chi connectivity index (χ3v) is 10.5. The van der Waals surface area contributed by atoms with E-state index in [9.17, 15) is 30.3 Å². The molecule has 0 saturated carbocycles. The molecule has 0 radical (unpaired) electrons. The Morgan fingerprint density at radius 3 is 1.52 bits per heavy atom. The Kier molecular flexibility index (Phi) is 38.9. The molecule has 1 aliphatic heterocycles. The SMILES string of the molecule is CC/C=C\C/C=C\C/C=C\C/C=C\C/C=C\C/C=C\C/C=C\CCCC(=O)NC(COC1OC(CO)C(O)C(O)C1O)C(O)/C=C/CC/C=C/CC/C=C/CCCCCCCCC. The van der Waals surface area contributed by atoms with E-state index in [1.54, 1.807) is 6.08 Å². The van der Waals surface area contributed by atoms with Gasteiger partial charge in [-0.15, -0.1) is 0 Å². The Labute approximate surface area is 382 Å². The van der Waals surface area contributed by atoms with Crippen LogP contribution in [0.25, 0.3) is 0 Å². The van der Waals surface area contributed by atoms with E-state index in [2.05, 4.69) is 129 Å². The molecule has 0 spiro atoms. The van der Waals surface area contributed by atoms with Gasteiger partial charge in [-0.25, -0.2) is 0 Å². The second-order valence-electron chi connectivity index (χ2n) is 16.1. The number of ether oxygens (including phenoxy) is 2.